The SMILES string of the molecule is O=C1CCC(C(=O)NC2CCCCC2Cc2ccccc2)N1. The molecule has 1 saturated carbocycles. The zero-order valence-corrected chi connectivity index (χ0v) is 12.9. The highest BCUT2D eigenvalue weighted by Gasteiger charge is 2.32. The highest BCUT2D eigenvalue weighted by molar-refractivity contribution is 5.90. The Balaban J connectivity index is 1.60. The van der Waals surface area contributed by atoms with Crippen molar-refractivity contribution >= 4 is 11.8 Å². The molecule has 1 saturated heterocycles. The van der Waals surface area contributed by atoms with Crippen LogP contribution in [0.15, 0.2) is 30.3 Å². The molecule has 2 amide bonds. The summed E-state index contributed by atoms with van der Waals surface area (Å²) in [5, 5.41) is 5.95. The van der Waals surface area contributed by atoms with Crippen molar-refractivity contribution in [2.45, 2.75) is 57.0 Å². The molecular weight excluding hydrogens is 276 g/mol. The lowest BCUT2D eigenvalue weighted by Crippen LogP contribution is -2.49. The van der Waals surface area contributed by atoms with Gasteiger partial charge in [0.2, 0.25) is 11.8 Å². The van der Waals surface area contributed by atoms with Crippen LogP contribution in [0.5, 0.6) is 0 Å². The average molecular weight is 300 g/mol. The second kappa shape index (κ2) is 6.95. The number of carbonyl (C=O) groups is 2. The molecule has 0 bridgehead atoms. The summed E-state index contributed by atoms with van der Waals surface area (Å²) in [6, 6.07) is 10.4. The molecule has 1 aromatic rings. The Labute approximate surface area is 131 Å². The molecule has 118 valence electrons. The van der Waals surface area contributed by atoms with E-state index in [0.29, 0.717) is 18.8 Å². The van der Waals surface area contributed by atoms with E-state index >= 15 is 0 Å². The van der Waals surface area contributed by atoms with Crippen molar-refractivity contribution in [3.8, 4) is 0 Å². The fourth-order valence-corrected chi connectivity index (χ4v) is 3.65. The molecule has 1 aliphatic heterocycles. The highest BCUT2D eigenvalue weighted by atomic mass is 16.2. The predicted molar refractivity (Wildman–Crippen MR) is 85.2 cm³/mol. The van der Waals surface area contributed by atoms with Crippen LogP contribution in [-0.4, -0.2) is 23.9 Å². The Kier molecular flexibility index (Phi) is 4.76. The van der Waals surface area contributed by atoms with Gasteiger partial charge < -0.3 is 10.6 Å². The normalized spacial score (nSPS) is 28.2. The second-order valence-electron chi connectivity index (χ2n) is 6.51. The summed E-state index contributed by atoms with van der Waals surface area (Å²) in [7, 11) is 0. The average Bonchev–Trinajstić information content (AvgIpc) is 2.97. The molecule has 2 fully saturated rings. The third kappa shape index (κ3) is 3.67. The summed E-state index contributed by atoms with van der Waals surface area (Å²) >= 11 is 0. The van der Waals surface area contributed by atoms with Gasteiger partial charge in [0, 0.05) is 12.5 Å². The molecule has 4 nitrogen and oxygen atoms in total. The Hall–Kier alpha value is -1.84. The zero-order valence-electron chi connectivity index (χ0n) is 12.9. The van der Waals surface area contributed by atoms with Gasteiger partial charge >= 0.3 is 0 Å². The van der Waals surface area contributed by atoms with Crippen molar-refractivity contribution in [3.63, 3.8) is 0 Å². The van der Waals surface area contributed by atoms with E-state index < -0.39 is 0 Å². The van der Waals surface area contributed by atoms with Crippen molar-refractivity contribution < 1.29 is 9.59 Å². The van der Waals surface area contributed by atoms with Crippen LogP contribution in [0.2, 0.25) is 0 Å². The molecule has 3 unspecified atom stereocenters. The van der Waals surface area contributed by atoms with Gasteiger partial charge in [0.05, 0.1) is 0 Å². The van der Waals surface area contributed by atoms with Crippen LogP contribution in [0.1, 0.15) is 44.1 Å². The fourth-order valence-electron chi connectivity index (χ4n) is 3.65. The van der Waals surface area contributed by atoms with Crippen molar-refractivity contribution in [1.29, 1.82) is 0 Å². The summed E-state index contributed by atoms with van der Waals surface area (Å²) in [5.74, 6) is 0.484. The largest absolute Gasteiger partial charge is 0.351 e. The molecule has 3 rings (SSSR count). The van der Waals surface area contributed by atoms with Crippen molar-refractivity contribution in [1.82, 2.24) is 10.6 Å². The summed E-state index contributed by atoms with van der Waals surface area (Å²) < 4.78 is 0. The Morgan fingerprint density at radius 2 is 1.91 bits per heavy atom. The lowest BCUT2D eigenvalue weighted by molar-refractivity contribution is -0.126. The minimum absolute atomic E-state index is 0.00388. The third-order valence-electron chi connectivity index (χ3n) is 4.89. The first-order valence-electron chi connectivity index (χ1n) is 8.36. The maximum absolute atomic E-state index is 12.3. The molecule has 1 aromatic carbocycles. The molecule has 1 aliphatic carbocycles. The van der Waals surface area contributed by atoms with Crippen molar-refractivity contribution in [3.05, 3.63) is 35.9 Å². The lowest BCUT2D eigenvalue weighted by Gasteiger charge is -2.33. The predicted octanol–water partition coefficient (Wildman–Crippen LogP) is 2.18. The van der Waals surface area contributed by atoms with Crippen LogP contribution in [0, 0.1) is 5.92 Å². The summed E-state index contributed by atoms with van der Waals surface area (Å²) in [6.45, 7) is 0. The van der Waals surface area contributed by atoms with E-state index in [0.717, 1.165) is 19.3 Å². The second-order valence-corrected chi connectivity index (χ2v) is 6.51. The molecule has 0 spiro atoms. The molecular formula is C18H24N2O2. The van der Waals surface area contributed by atoms with Gasteiger partial charge in [-0.25, -0.2) is 0 Å². The van der Waals surface area contributed by atoms with E-state index in [-0.39, 0.29) is 23.9 Å². The minimum Gasteiger partial charge on any atom is -0.351 e. The molecule has 2 aliphatic rings. The fraction of sp³-hybridized carbons (Fsp3) is 0.556. The van der Waals surface area contributed by atoms with E-state index in [2.05, 4.69) is 34.9 Å². The first-order chi connectivity index (χ1) is 10.7. The number of rotatable bonds is 4. The van der Waals surface area contributed by atoms with Crippen molar-refractivity contribution in [2.24, 2.45) is 5.92 Å². The van der Waals surface area contributed by atoms with E-state index in [1.54, 1.807) is 0 Å². The maximum atomic E-state index is 12.3. The molecule has 0 aromatic heterocycles. The lowest BCUT2D eigenvalue weighted by atomic mass is 9.80. The Bertz CT molecular complexity index is 529. The third-order valence-corrected chi connectivity index (χ3v) is 4.89. The van der Waals surface area contributed by atoms with Crippen LogP contribution in [-0.2, 0) is 16.0 Å². The summed E-state index contributed by atoms with van der Waals surface area (Å²) in [6.07, 6.45) is 6.73. The topological polar surface area (TPSA) is 58.2 Å². The Morgan fingerprint density at radius 1 is 1.14 bits per heavy atom. The van der Waals surface area contributed by atoms with Crippen LogP contribution < -0.4 is 10.6 Å². The first-order valence-corrected chi connectivity index (χ1v) is 8.36. The van der Waals surface area contributed by atoms with Crippen LogP contribution in [0.3, 0.4) is 0 Å². The number of hydrogen-bond donors (Lipinski definition) is 2. The van der Waals surface area contributed by atoms with Gasteiger partial charge in [-0.3, -0.25) is 9.59 Å². The number of nitrogens with one attached hydrogen (secondary N) is 2. The van der Waals surface area contributed by atoms with E-state index in [1.807, 2.05) is 6.07 Å². The minimum atomic E-state index is -0.327. The van der Waals surface area contributed by atoms with E-state index in [1.165, 1.54) is 18.4 Å². The van der Waals surface area contributed by atoms with Gasteiger partial charge in [0.15, 0.2) is 0 Å². The van der Waals surface area contributed by atoms with Gasteiger partial charge in [0.1, 0.15) is 6.04 Å². The van der Waals surface area contributed by atoms with Gasteiger partial charge in [0.25, 0.3) is 0 Å². The number of amides is 2. The van der Waals surface area contributed by atoms with Crippen molar-refractivity contribution in [2.75, 3.05) is 0 Å². The molecule has 2 N–H and O–H groups in total. The highest BCUT2D eigenvalue weighted by Crippen LogP contribution is 2.28. The van der Waals surface area contributed by atoms with Crippen LogP contribution in [0.4, 0.5) is 0 Å². The zero-order chi connectivity index (χ0) is 15.4. The molecule has 1 heterocycles. The molecule has 4 heteroatoms. The maximum Gasteiger partial charge on any atom is 0.242 e. The van der Waals surface area contributed by atoms with Crippen LogP contribution >= 0.6 is 0 Å². The van der Waals surface area contributed by atoms with Gasteiger partial charge in [-0.15, -0.1) is 0 Å². The molecule has 3 atom stereocenters. The Morgan fingerprint density at radius 3 is 2.64 bits per heavy atom. The van der Waals surface area contributed by atoms with Crippen LogP contribution in [0.25, 0.3) is 0 Å². The summed E-state index contributed by atoms with van der Waals surface area (Å²) in [4.78, 5) is 23.6. The van der Waals surface area contributed by atoms with E-state index in [4.69, 9.17) is 0 Å². The standard InChI is InChI=1S/C18H24N2O2/c21-17-11-10-16(19-17)18(22)20-15-9-5-4-8-14(15)12-13-6-2-1-3-7-13/h1-3,6-7,14-16H,4-5,8-12H2,(H,19,21)(H,20,22). The first kappa shape index (κ1) is 15.1. The number of hydrogen-bond acceptors (Lipinski definition) is 2. The quantitative estimate of drug-likeness (QED) is 0.895. The molecule has 22 heavy (non-hydrogen) atoms. The summed E-state index contributed by atoms with van der Waals surface area (Å²) in [5.41, 5.74) is 1.34. The smallest absolute Gasteiger partial charge is 0.242 e. The van der Waals surface area contributed by atoms with Gasteiger partial charge in [-0.1, -0.05) is 43.2 Å². The van der Waals surface area contributed by atoms with E-state index in [9.17, 15) is 9.59 Å². The van der Waals surface area contributed by atoms with Gasteiger partial charge in [-0.05, 0) is 37.2 Å². The number of benzene rings is 1. The van der Waals surface area contributed by atoms with Gasteiger partial charge in [-0.2, -0.15) is 0 Å². The number of carbonyl (C=O) groups excluding carboxylic acids is 2. The molecule has 0 radical (unpaired) electrons. The monoisotopic (exact) mass is 300 g/mol.